The molecule has 0 saturated carbocycles. The maximum atomic E-state index is 12.4. The second-order valence-corrected chi connectivity index (χ2v) is 6.43. The number of pyridine rings is 1. The van der Waals surface area contributed by atoms with E-state index < -0.39 is 5.97 Å². The fourth-order valence-electron chi connectivity index (χ4n) is 3.05. The van der Waals surface area contributed by atoms with Crippen LogP contribution in [0.25, 0.3) is 0 Å². The Morgan fingerprint density at radius 1 is 1.15 bits per heavy atom. The number of carbonyl (C=O) groups excluding carboxylic acids is 2. The summed E-state index contributed by atoms with van der Waals surface area (Å²) in [4.78, 5) is 32.1. The summed E-state index contributed by atoms with van der Waals surface area (Å²) in [5.41, 5.74) is 1.38. The molecule has 142 valence electrons. The van der Waals surface area contributed by atoms with Gasteiger partial charge >= 0.3 is 12.1 Å². The molecule has 0 spiro atoms. The number of piperazine rings is 1. The van der Waals surface area contributed by atoms with Gasteiger partial charge in [-0.05, 0) is 24.6 Å². The minimum atomic E-state index is -0.409. The molecule has 0 aliphatic carbocycles. The Labute approximate surface area is 158 Å². The van der Waals surface area contributed by atoms with Gasteiger partial charge in [-0.25, -0.2) is 14.6 Å². The van der Waals surface area contributed by atoms with Crippen LogP contribution in [-0.4, -0.2) is 54.7 Å². The summed E-state index contributed by atoms with van der Waals surface area (Å²) >= 11 is 0. The number of hydrogen-bond acceptors (Lipinski definition) is 6. The number of benzene rings is 1. The van der Waals surface area contributed by atoms with Crippen molar-refractivity contribution >= 4 is 17.9 Å². The fraction of sp³-hybridized carbons (Fsp3) is 0.350. The zero-order valence-electron chi connectivity index (χ0n) is 15.5. The molecule has 2 heterocycles. The summed E-state index contributed by atoms with van der Waals surface area (Å²) in [6.45, 7) is 4.09. The zero-order chi connectivity index (χ0) is 19.2. The Hall–Kier alpha value is -3.09. The maximum absolute atomic E-state index is 12.4. The molecular weight excluding hydrogens is 346 g/mol. The molecule has 7 heteroatoms. The standard InChI is InChI=1S/C20H23N3O4/c1-15-13-22(18-9-8-17(12-21-18)19(24)26-2)10-11-23(15)20(25)27-14-16-6-4-3-5-7-16/h3-9,12,15H,10-11,13-14H2,1-2H3/t15-/m0/s1. The van der Waals surface area contributed by atoms with E-state index in [2.05, 4.69) is 14.6 Å². The highest BCUT2D eigenvalue weighted by atomic mass is 16.6. The smallest absolute Gasteiger partial charge is 0.410 e. The number of anilines is 1. The average molecular weight is 369 g/mol. The van der Waals surface area contributed by atoms with Gasteiger partial charge in [-0.15, -0.1) is 0 Å². The number of esters is 1. The number of rotatable bonds is 4. The van der Waals surface area contributed by atoms with E-state index in [1.807, 2.05) is 37.3 Å². The molecule has 3 rings (SSSR count). The van der Waals surface area contributed by atoms with Crippen LogP contribution in [0.5, 0.6) is 0 Å². The molecular formula is C20H23N3O4. The van der Waals surface area contributed by atoms with E-state index in [0.717, 1.165) is 11.4 Å². The van der Waals surface area contributed by atoms with Gasteiger partial charge in [0.1, 0.15) is 12.4 Å². The summed E-state index contributed by atoms with van der Waals surface area (Å²) < 4.78 is 10.1. The first-order valence-electron chi connectivity index (χ1n) is 8.85. The van der Waals surface area contributed by atoms with E-state index in [-0.39, 0.29) is 18.7 Å². The van der Waals surface area contributed by atoms with Gasteiger partial charge in [0.25, 0.3) is 0 Å². The molecule has 1 atom stereocenters. The lowest BCUT2D eigenvalue weighted by Gasteiger charge is -2.39. The number of nitrogens with zero attached hydrogens (tertiary/aromatic N) is 3. The predicted molar refractivity (Wildman–Crippen MR) is 101 cm³/mol. The van der Waals surface area contributed by atoms with Gasteiger partial charge in [0, 0.05) is 31.9 Å². The maximum Gasteiger partial charge on any atom is 0.410 e. The highest BCUT2D eigenvalue weighted by molar-refractivity contribution is 5.89. The molecule has 0 bridgehead atoms. The third-order valence-electron chi connectivity index (χ3n) is 4.56. The molecule has 1 aromatic carbocycles. The van der Waals surface area contributed by atoms with Crippen LogP contribution in [0.2, 0.25) is 0 Å². The van der Waals surface area contributed by atoms with Crippen molar-refractivity contribution in [2.75, 3.05) is 31.6 Å². The predicted octanol–water partition coefficient (Wildman–Crippen LogP) is 2.72. The number of carbonyl (C=O) groups is 2. The molecule has 7 nitrogen and oxygen atoms in total. The highest BCUT2D eigenvalue weighted by Gasteiger charge is 2.29. The largest absolute Gasteiger partial charge is 0.465 e. The molecule has 0 N–H and O–H groups in total. The van der Waals surface area contributed by atoms with E-state index in [9.17, 15) is 9.59 Å². The number of hydrogen-bond donors (Lipinski definition) is 0. The van der Waals surface area contributed by atoms with Crippen LogP contribution in [-0.2, 0) is 16.1 Å². The summed E-state index contributed by atoms with van der Waals surface area (Å²) in [7, 11) is 1.34. The van der Waals surface area contributed by atoms with Crippen LogP contribution in [0, 0.1) is 0 Å². The lowest BCUT2D eigenvalue weighted by Crippen LogP contribution is -2.54. The molecule has 1 saturated heterocycles. The van der Waals surface area contributed by atoms with Gasteiger partial charge in [-0.3, -0.25) is 0 Å². The summed E-state index contributed by atoms with van der Waals surface area (Å²) in [5, 5.41) is 0. The molecule has 0 radical (unpaired) electrons. The van der Waals surface area contributed by atoms with E-state index in [0.29, 0.717) is 25.2 Å². The van der Waals surface area contributed by atoms with Crippen LogP contribution < -0.4 is 4.90 Å². The van der Waals surface area contributed by atoms with Gasteiger partial charge in [0.2, 0.25) is 0 Å². The van der Waals surface area contributed by atoms with Gasteiger partial charge in [-0.2, -0.15) is 0 Å². The van der Waals surface area contributed by atoms with Crippen molar-refractivity contribution in [2.24, 2.45) is 0 Å². The van der Waals surface area contributed by atoms with Crippen molar-refractivity contribution in [2.45, 2.75) is 19.6 Å². The normalized spacial score (nSPS) is 16.7. The topological polar surface area (TPSA) is 72.0 Å². The second-order valence-electron chi connectivity index (χ2n) is 6.43. The van der Waals surface area contributed by atoms with E-state index in [1.165, 1.54) is 13.3 Å². The summed E-state index contributed by atoms with van der Waals surface area (Å²) in [6, 6.07) is 13.1. The van der Waals surface area contributed by atoms with E-state index in [1.54, 1.807) is 17.0 Å². The van der Waals surface area contributed by atoms with E-state index >= 15 is 0 Å². The Kier molecular flexibility index (Phi) is 5.90. The van der Waals surface area contributed by atoms with Crippen molar-refractivity contribution in [3.63, 3.8) is 0 Å². The zero-order valence-corrected chi connectivity index (χ0v) is 15.5. The van der Waals surface area contributed by atoms with Crippen molar-refractivity contribution in [1.29, 1.82) is 0 Å². The number of amides is 1. The number of methoxy groups -OCH3 is 1. The molecule has 27 heavy (non-hydrogen) atoms. The van der Waals surface area contributed by atoms with Crippen molar-refractivity contribution in [3.05, 3.63) is 59.8 Å². The SMILES string of the molecule is COC(=O)c1ccc(N2CCN(C(=O)OCc3ccccc3)[C@@H](C)C2)nc1. The Bertz CT molecular complexity index is 780. The summed E-state index contributed by atoms with van der Waals surface area (Å²) in [6.07, 6.45) is 1.20. The lowest BCUT2D eigenvalue weighted by molar-refractivity contribution is 0.0599. The molecule has 2 aromatic rings. The van der Waals surface area contributed by atoms with Crippen LogP contribution in [0.1, 0.15) is 22.8 Å². The van der Waals surface area contributed by atoms with Crippen LogP contribution >= 0.6 is 0 Å². The molecule has 1 fully saturated rings. The molecule has 0 unspecified atom stereocenters. The quantitative estimate of drug-likeness (QED) is 0.772. The van der Waals surface area contributed by atoms with Crippen LogP contribution in [0.15, 0.2) is 48.7 Å². The van der Waals surface area contributed by atoms with Gasteiger partial charge in [0.15, 0.2) is 0 Å². The lowest BCUT2D eigenvalue weighted by atomic mass is 10.2. The van der Waals surface area contributed by atoms with Gasteiger partial charge in [-0.1, -0.05) is 30.3 Å². The Balaban J connectivity index is 1.55. The van der Waals surface area contributed by atoms with Crippen LogP contribution in [0.3, 0.4) is 0 Å². The third kappa shape index (κ3) is 4.55. The Morgan fingerprint density at radius 2 is 1.93 bits per heavy atom. The monoisotopic (exact) mass is 369 g/mol. The number of ether oxygens (including phenoxy) is 2. The average Bonchev–Trinajstić information content (AvgIpc) is 2.72. The first kappa shape index (κ1) is 18.7. The van der Waals surface area contributed by atoms with Crippen LogP contribution in [0.4, 0.5) is 10.6 Å². The highest BCUT2D eigenvalue weighted by Crippen LogP contribution is 2.18. The van der Waals surface area contributed by atoms with Crippen molar-refractivity contribution < 1.29 is 19.1 Å². The summed E-state index contributed by atoms with van der Waals surface area (Å²) in [5.74, 6) is 0.361. The van der Waals surface area contributed by atoms with Crippen molar-refractivity contribution in [1.82, 2.24) is 9.88 Å². The van der Waals surface area contributed by atoms with Gasteiger partial charge in [0.05, 0.1) is 12.7 Å². The first-order chi connectivity index (χ1) is 13.1. The number of aromatic nitrogens is 1. The van der Waals surface area contributed by atoms with E-state index in [4.69, 9.17) is 4.74 Å². The van der Waals surface area contributed by atoms with Gasteiger partial charge < -0.3 is 19.3 Å². The minimum Gasteiger partial charge on any atom is -0.465 e. The molecule has 1 aliphatic heterocycles. The minimum absolute atomic E-state index is 0.0101. The molecule has 1 aliphatic rings. The fourth-order valence-corrected chi connectivity index (χ4v) is 3.05. The Morgan fingerprint density at radius 3 is 2.56 bits per heavy atom. The molecule has 1 amide bonds. The first-order valence-corrected chi connectivity index (χ1v) is 8.85. The molecule has 1 aromatic heterocycles. The van der Waals surface area contributed by atoms with Crippen molar-refractivity contribution in [3.8, 4) is 0 Å². The third-order valence-corrected chi connectivity index (χ3v) is 4.56. The second kappa shape index (κ2) is 8.53.